The first-order chi connectivity index (χ1) is 10.1. The van der Waals surface area contributed by atoms with Gasteiger partial charge < -0.3 is 0 Å². The van der Waals surface area contributed by atoms with Crippen LogP contribution < -0.4 is 5.56 Å². The quantitative estimate of drug-likeness (QED) is 0.633. The van der Waals surface area contributed by atoms with E-state index in [1.54, 1.807) is 23.6 Å². The Labute approximate surface area is 120 Å². The summed E-state index contributed by atoms with van der Waals surface area (Å²) in [5, 5.41) is 0.0719. The number of aryl methyl sites for hydroxylation is 1. The van der Waals surface area contributed by atoms with Crippen LogP contribution in [0.4, 0.5) is 4.39 Å². The zero-order valence-corrected chi connectivity index (χ0v) is 11.7. The van der Waals surface area contributed by atoms with Crippen molar-refractivity contribution in [1.29, 1.82) is 0 Å². The predicted octanol–water partition coefficient (Wildman–Crippen LogP) is 3.30. The van der Waals surface area contributed by atoms with E-state index in [2.05, 4.69) is 4.98 Å². The van der Waals surface area contributed by atoms with Gasteiger partial charge >= 0.3 is 0 Å². The SMILES string of the molecule is Cc1ccc2nc3n(c(=O)c2c1F)-c1ccccc1C3C. The smallest absolute Gasteiger partial charge is 0.268 e. The molecule has 0 N–H and O–H groups in total. The highest BCUT2D eigenvalue weighted by molar-refractivity contribution is 5.80. The Hall–Kier alpha value is -2.49. The third-order valence-corrected chi connectivity index (χ3v) is 4.23. The van der Waals surface area contributed by atoms with Gasteiger partial charge in [0.1, 0.15) is 17.0 Å². The maximum Gasteiger partial charge on any atom is 0.268 e. The van der Waals surface area contributed by atoms with Crippen molar-refractivity contribution in [3.8, 4) is 5.69 Å². The van der Waals surface area contributed by atoms with Crippen LogP contribution in [-0.2, 0) is 0 Å². The van der Waals surface area contributed by atoms with Gasteiger partial charge in [0.2, 0.25) is 0 Å². The van der Waals surface area contributed by atoms with Crippen LogP contribution >= 0.6 is 0 Å². The third-order valence-electron chi connectivity index (χ3n) is 4.23. The molecule has 1 aliphatic heterocycles. The van der Waals surface area contributed by atoms with Gasteiger partial charge in [0, 0.05) is 5.92 Å². The second kappa shape index (κ2) is 4.01. The molecule has 0 bridgehead atoms. The van der Waals surface area contributed by atoms with Crippen molar-refractivity contribution < 1.29 is 4.39 Å². The molecule has 4 rings (SSSR count). The van der Waals surface area contributed by atoms with Crippen molar-refractivity contribution >= 4 is 10.9 Å². The lowest BCUT2D eigenvalue weighted by Crippen LogP contribution is -2.22. The summed E-state index contributed by atoms with van der Waals surface area (Å²) in [7, 11) is 0. The topological polar surface area (TPSA) is 34.9 Å². The monoisotopic (exact) mass is 280 g/mol. The van der Waals surface area contributed by atoms with Crippen LogP contribution in [0.5, 0.6) is 0 Å². The zero-order valence-electron chi connectivity index (χ0n) is 11.7. The Bertz CT molecular complexity index is 959. The number of hydrogen-bond donors (Lipinski definition) is 0. The molecule has 104 valence electrons. The van der Waals surface area contributed by atoms with Gasteiger partial charge in [-0.3, -0.25) is 9.36 Å². The molecule has 21 heavy (non-hydrogen) atoms. The average molecular weight is 280 g/mol. The summed E-state index contributed by atoms with van der Waals surface area (Å²) in [6.45, 7) is 3.67. The van der Waals surface area contributed by atoms with Crippen LogP contribution in [-0.4, -0.2) is 9.55 Å². The number of fused-ring (bicyclic) bond motifs is 4. The molecular weight excluding hydrogens is 267 g/mol. The first kappa shape index (κ1) is 12.3. The van der Waals surface area contributed by atoms with Gasteiger partial charge in [-0.05, 0) is 30.2 Å². The molecule has 0 spiro atoms. The number of benzene rings is 2. The second-order valence-electron chi connectivity index (χ2n) is 5.48. The molecule has 3 nitrogen and oxygen atoms in total. The fraction of sp³-hybridized carbons (Fsp3) is 0.176. The van der Waals surface area contributed by atoms with E-state index in [0.29, 0.717) is 16.9 Å². The minimum absolute atomic E-state index is 0.0302. The number of halogens is 1. The second-order valence-corrected chi connectivity index (χ2v) is 5.48. The van der Waals surface area contributed by atoms with Gasteiger partial charge in [-0.2, -0.15) is 0 Å². The lowest BCUT2D eigenvalue weighted by molar-refractivity contribution is 0.627. The van der Waals surface area contributed by atoms with Crippen molar-refractivity contribution in [3.63, 3.8) is 0 Å². The van der Waals surface area contributed by atoms with Crippen molar-refractivity contribution in [2.24, 2.45) is 0 Å². The van der Waals surface area contributed by atoms with E-state index >= 15 is 0 Å². The number of rotatable bonds is 0. The van der Waals surface area contributed by atoms with Crippen molar-refractivity contribution in [1.82, 2.24) is 9.55 Å². The molecule has 3 aromatic rings. The van der Waals surface area contributed by atoms with Crippen LogP contribution in [0.25, 0.3) is 16.6 Å². The Balaban J connectivity index is 2.21. The molecule has 0 amide bonds. The van der Waals surface area contributed by atoms with Gasteiger partial charge in [-0.15, -0.1) is 0 Å². The summed E-state index contributed by atoms with van der Waals surface area (Å²) in [5.74, 6) is 0.233. The van der Waals surface area contributed by atoms with Crippen LogP contribution in [0.3, 0.4) is 0 Å². The summed E-state index contributed by atoms with van der Waals surface area (Å²) >= 11 is 0. The summed E-state index contributed by atoms with van der Waals surface area (Å²) in [4.78, 5) is 17.3. The van der Waals surface area contributed by atoms with Gasteiger partial charge in [0.25, 0.3) is 5.56 Å². The van der Waals surface area contributed by atoms with Gasteiger partial charge in [0.15, 0.2) is 0 Å². The van der Waals surface area contributed by atoms with Crippen molar-refractivity contribution in [2.75, 3.05) is 0 Å². The molecule has 0 saturated heterocycles. The predicted molar refractivity (Wildman–Crippen MR) is 79.6 cm³/mol. The Morgan fingerprint density at radius 3 is 2.76 bits per heavy atom. The normalized spacial score (nSPS) is 16.0. The van der Waals surface area contributed by atoms with E-state index in [1.807, 2.05) is 31.2 Å². The average Bonchev–Trinajstić information content (AvgIpc) is 2.77. The van der Waals surface area contributed by atoms with Gasteiger partial charge in [-0.1, -0.05) is 31.2 Å². The number of nitrogens with zero attached hydrogens (tertiary/aromatic N) is 2. The van der Waals surface area contributed by atoms with Gasteiger partial charge in [0.05, 0.1) is 11.2 Å². The van der Waals surface area contributed by atoms with Crippen molar-refractivity contribution in [2.45, 2.75) is 19.8 Å². The van der Waals surface area contributed by atoms with Crippen LogP contribution in [0.15, 0.2) is 41.2 Å². The molecule has 4 heteroatoms. The van der Waals surface area contributed by atoms with Crippen LogP contribution in [0.1, 0.15) is 29.8 Å². The Kier molecular flexibility index (Phi) is 2.34. The highest BCUT2D eigenvalue weighted by atomic mass is 19.1. The first-order valence-corrected chi connectivity index (χ1v) is 6.90. The molecule has 1 aromatic heterocycles. The Morgan fingerprint density at radius 1 is 1.19 bits per heavy atom. The first-order valence-electron chi connectivity index (χ1n) is 6.90. The van der Waals surface area contributed by atoms with Crippen molar-refractivity contribution in [3.05, 3.63) is 69.5 Å². The molecular formula is C17H13FN2O. The summed E-state index contributed by atoms with van der Waals surface area (Å²) in [5.41, 5.74) is 2.41. The summed E-state index contributed by atoms with van der Waals surface area (Å²) in [6, 6.07) is 11.1. The standard InChI is InChI=1S/C17H13FN2O/c1-9-7-8-12-14(15(9)18)17(21)20-13-6-4-3-5-11(13)10(2)16(20)19-12/h3-8,10H,1-2H3. The van der Waals surface area contributed by atoms with Crippen LogP contribution in [0.2, 0.25) is 0 Å². The van der Waals surface area contributed by atoms with E-state index < -0.39 is 5.82 Å². The third kappa shape index (κ3) is 1.47. The minimum atomic E-state index is -0.475. The number of aromatic nitrogens is 2. The summed E-state index contributed by atoms with van der Waals surface area (Å²) < 4.78 is 15.9. The zero-order chi connectivity index (χ0) is 14.7. The highest BCUT2D eigenvalue weighted by Crippen LogP contribution is 2.35. The fourth-order valence-electron chi connectivity index (χ4n) is 3.08. The molecule has 1 unspecified atom stereocenters. The molecule has 0 fully saturated rings. The maximum atomic E-state index is 14.3. The van der Waals surface area contributed by atoms with E-state index in [1.165, 1.54) is 0 Å². The molecule has 0 saturated carbocycles. The van der Waals surface area contributed by atoms with Crippen LogP contribution in [0, 0.1) is 12.7 Å². The van der Waals surface area contributed by atoms with E-state index in [-0.39, 0.29) is 16.9 Å². The van der Waals surface area contributed by atoms with E-state index in [0.717, 1.165) is 11.3 Å². The minimum Gasteiger partial charge on any atom is -0.268 e. The lowest BCUT2D eigenvalue weighted by atomic mass is 10.0. The molecule has 0 aliphatic carbocycles. The summed E-state index contributed by atoms with van der Waals surface area (Å²) in [6.07, 6.45) is 0. The molecule has 0 radical (unpaired) electrons. The molecule has 2 aromatic carbocycles. The van der Waals surface area contributed by atoms with E-state index in [9.17, 15) is 9.18 Å². The number of para-hydroxylation sites is 1. The van der Waals surface area contributed by atoms with E-state index in [4.69, 9.17) is 0 Å². The molecule has 1 atom stereocenters. The molecule has 2 heterocycles. The largest absolute Gasteiger partial charge is 0.268 e. The Morgan fingerprint density at radius 2 is 1.95 bits per heavy atom. The lowest BCUT2D eigenvalue weighted by Gasteiger charge is -2.09. The molecule has 1 aliphatic rings. The number of hydrogen-bond acceptors (Lipinski definition) is 2. The maximum absolute atomic E-state index is 14.3. The highest BCUT2D eigenvalue weighted by Gasteiger charge is 2.29. The van der Waals surface area contributed by atoms with Gasteiger partial charge in [-0.25, -0.2) is 9.37 Å². The fourth-order valence-corrected chi connectivity index (χ4v) is 3.08.